The van der Waals surface area contributed by atoms with Crippen molar-refractivity contribution in [3.05, 3.63) is 186 Å². The summed E-state index contributed by atoms with van der Waals surface area (Å²) in [7, 11) is 0. The van der Waals surface area contributed by atoms with E-state index in [-0.39, 0.29) is 0 Å². The molecule has 3 nitrogen and oxygen atoms in total. The van der Waals surface area contributed by atoms with Gasteiger partial charge in [-0.1, -0.05) is 139 Å². The smallest absolute Gasteiger partial charge is 0.227 e. The second-order valence-electron chi connectivity index (χ2n) is 13.6. The average Bonchev–Trinajstić information content (AvgIpc) is 3.58. The van der Waals surface area contributed by atoms with Crippen LogP contribution in [0.15, 0.2) is 174 Å². The van der Waals surface area contributed by atoms with Gasteiger partial charge in [-0.3, -0.25) is 0 Å². The number of nitrogens with zero attached hydrogens (tertiary/aromatic N) is 2. The summed E-state index contributed by atoms with van der Waals surface area (Å²) in [5, 5.41) is 4.48. The van der Waals surface area contributed by atoms with E-state index in [2.05, 4.69) is 168 Å². The standard InChI is InChI=1S/C50H34N2O/c1-5-16-34(17-6-1)37-28-30-41(35-18-7-2-8-19-35)46(33-37)52(39-22-11-4-12-23-39)40-24-15-27-42-38(32-40)29-31-44-43-25-13-14-26-45(43)49-48(47(42)44)51-50(53-49)36-20-9-3-10-21-36/h1-7,9-14,16-18,20-23,25-26,28-33H,8,19,27H2. The van der Waals surface area contributed by atoms with Crippen LogP contribution in [0.25, 0.3) is 66.9 Å². The predicted octanol–water partition coefficient (Wildman–Crippen LogP) is 12.9. The van der Waals surface area contributed by atoms with Crippen LogP contribution < -0.4 is 4.90 Å². The molecule has 0 aliphatic heterocycles. The Morgan fingerprint density at radius 3 is 2.17 bits per heavy atom. The Balaban J connectivity index is 1.22. The van der Waals surface area contributed by atoms with Crippen LogP contribution in [0.4, 0.5) is 11.4 Å². The molecule has 2 aliphatic carbocycles. The van der Waals surface area contributed by atoms with Gasteiger partial charge in [0.25, 0.3) is 0 Å². The zero-order chi connectivity index (χ0) is 35.1. The van der Waals surface area contributed by atoms with E-state index in [1.54, 1.807) is 0 Å². The van der Waals surface area contributed by atoms with Crippen molar-refractivity contribution in [1.29, 1.82) is 0 Å². The monoisotopic (exact) mass is 678 g/mol. The van der Waals surface area contributed by atoms with Crippen LogP contribution in [0, 0.1) is 11.8 Å². The molecular weight excluding hydrogens is 645 g/mol. The highest BCUT2D eigenvalue weighted by molar-refractivity contribution is 6.24. The fourth-order valence-electron chi connectivity index (χ4n) is 7.91. The molecule has 0 saturated carbocycles. The number of allylic oxidation sites excluding steroid dienone is 5. The van der Waals surface area contributed by atoms with E-state index in [0.717, 1.165) is 73.7 Å². The van der Waals surface area contributed by atoms with Crippen molar-refractivity contribution >= 4 is 55.7 Å². The van der Waals surface area contributed by atoms with Crippen molar-refractivity contribution in [2.45, 2.75) is 19.3 Å². The van der Waals surface area contributed by atoms with E-state index < -0.39 is 0 Å². The van der Waals surface area contributed by atoms with Crippen molar-refractivity contribution in [1.82, 2.24) is 4.98 Å². The molecule has 1 aromatic heterocycles. The summed E-state index contributed by atoms with van der Waals surface area (Å²) >= 11 is 0. The molecule has 8 aromatic rings. The predicted molar refractivity (Wildman–Crippen MR) is 221 cm³/mol. The molecule has 0 N–H and O–H groups in total. The summed E-state index contributed by atoms with van der Waals surface area (Å²) in [6.07, 6.45) is 11.6. The van der Waals surface area contributed by atoms with Gasteiger partial charge in [-0.25, -0.2) is 4.98 Å². The normalized spacial score (nSPS) is 13.6. The molecule has 7 aromatic carbocycles. The summed E-state index contributed by atoms with van der Waals surface area (Å²) in [5.74, 6) is 7.90. The molecule has 2 aliphatic rings. The van der Waals surface area contributed by atoms with E-state index in [4.69, 9.17) is 9.40 Å². The Morgan fingerprint density at radius 1 is 0.660 bits per heavy atom. The second kappa shape index (κ2) is 13.0. The molecule has 0 fully saturated rings. The minimum atomic E-state index is 0.586. The summed E-state index contributed by atoms with van der Waals surface area (Å²) < 4.78 is 6.61. The molecule has 250 valence electrons. The molecule has 53 heavy (non-hydrogen) atoms. The Labute approximate surface area is 308 Å². The first kappa shape index (κ1) is 30.9. The van der Waals surface area contributed by atoms with Gasteiger partial charge in [0.05, 0.1) is 11.4 Å². The quantitative estimate of drug-likeness (QED) is 0.129. The first-order valence-corrected chi connectivity index (χ1v) is 18.2. The lowest BCUT2D eigenvalue weighted by Gasteiger charge is -2.29. The highest BCUT2D eigenvalue weighted by atomic mass is 16.3. The van der Waals surface area contributed by atoms with Gasteiger partial charge in [0.2, 0.25) is 5.89 Å². The molecular formula is C50H34N2O. The van der Waals surface area contributed by atoms with Crippen LogP contribution in [0.3, 0.4) is 0 Å². The Morgan fingerprint density at radius 2 is 1.40 bits per heavy atom. The van der Waals surface area contributed by atoms with Gasteiger partial charge in [0.15, 0.2) is 5.58 Å². The van der Waals surface area contributed by atoms with Crippen molar-refractivity contribution in [2.24, 2.45) is 0 Å². The van der Waals surface area contributed by atoms with E-state index >= 15 is 0 Å². The third kappa shape index (κ3) is 5.44. The number of oxazole rings is 1. The van der Waals surface area contributed by atoms with Crippen molar-refractivity contribution in [3.63, 3.8) is 0 Å². The SMILES string of the molecule is C1#CC(N(c2ccccc2)c2cc(-c3ccccc3)ccc2C2=CC=CCC2)=Cc2ccc3c4ccccc4c4oc(-c5ccccc5)nc4c3c2C1. The number of para-hydroxylation sites is 1. The van der Waals surface area contributed by atoms with Crippen LogP contribution >= 0.6 is 0 Å². The summed E-state index contributed by atoms with van der Waals surface area (Å²) in [5.41, 5.74) is 12.9. The number of benzene rings is 7. The van der Waals surface area contributed by atoms with Crippen LogP contribution in [-0.4, -0.2) is 4.98 Å². The van der Waals surface area contributed by atoms with Gasteiger partial charge < -0.3 is 9.32 Å². The lowest BCUT2D eigenvalue weighted by Crippen LogP contribution is -2.17. The van der Waals surface area contributed by atoms with E-state index in [1.165, 1.54) is 27.8 Å². The van der Waals surface area contributed by atoms with Crippen molar-refractivity contribution < 1.29 is 4.42 Å². The first-order chi connectivity index (χ1) is 26.3. The second-order valence-corrected chi connectivity index (χ2v) is 13.6. The molecule has 0 amide bonds. The number of fused-ring (bicyclic) bond motifs is 8. The zero-order valence-corrected chi connectivity index (χ0v) is 29.1. The maximum Gasteiger partial charge on any atom is 0.227 e. The maximum atomic E-state index is 6.61. The lowest BCUT2D eigenvalue weighted by molar-refractivity contribution is 0.623. The molecule has 0 spiro atoms. The number of hydrogen-bond donors (Lipinski definition) is 0. The zero-order valence-electron chi connectivity index (χ0n) is 29.1. The van der Waals surface area contributed by atoms with Crippen LogP contribution in [0.1, 0.15) is 29.5 Å². The fraction of sp³-hybridized carbons (Fsp3) is 0.0600. The third-order valence-electron chi connectivity index (χ3n) is 10.4. The minimum absolute atomic E-state index is 0.586. The number of rotatable bonds is 6. The van der Waals surface area contributed by atoms with Gasteiger partial charge in [-0.2, -0.15) is 0 Å². The highest BCUT2D eigenvalue weighted by Crippen LogP contribution is 2.43. The van der Waals surface area contributed by atoms with E-state index in [0.29, 0.717) is 12.3 Å². The number of aromatic nitrogens is 1. The van der Waals surface area contributed by atoms with Gasteiger partial charge in [-0.05, 0) is 93.8 Å². The first-order valence-electron chi connectivity index (χ1n) is 18.2. The van der Waals surface area contributed by atoms with Crippen molar-refractivity contribution in [2.75, 3.05) is 4.90 Å². The maximum absolute atomic E-state index is 6.61. The molecule has 3 heteroatoms. The largest absolute Gasteiger partial charge is 0.435 e. The van der Waals surface area contributed by atoms with Gasteiger partial charge >= 0.3 is 0 Å². The summed E-state index contributed by atoms with van der Waals surface area (Å²) in [6, 6.07) is 51.3. The highest BCUT2D eigenvalue weighted by Gasteiger charge is 2.24. The molecule has 0 saturated heterocycles. The Hall–Kier alpha value is -6.89. The molecule has 0 unspecified atom stereocenters. The molecule has 0 atom stereocenters. The molecule has 0 bridgehead atoms. The van der Waals surface area contributed by atoms with E-state index in [9.17, 15) is 0 Å². The lowest BCUT2D eigenvalue weighted by atomic mass is 9.92. The number of anilines is 2. The summed E-state index contributed by atoms with van der Waals surface area (Å²) in [6.45, 7) is 0. The van der Waals surface area contributed by atoms with Gasteiger partial charge in [-0.15, -0.1) is 0 Å². The van der Waals surface area contributed by atoms with Crippen molar-refractivity contribution in [3.8, 4) is 34.4 Å². The van der Waals surface area contributed by atoms with E-state index in [1.807, 2.05) is 18.2 Å². The molecule has 0 radical (unpaired) electrons. The minimum Gasteiger partial charge on any atom is -0.435 e. The average molecular weight is 679 g/mol. The summed E-state index contributed by atoms with van der Waals surface area (Å²) in [4.78, 5) is 7.55. The van der Waals surface area contributed by atoms with Gasteiger partial charge in [0, 0.05) is 34.0 Å². The van der Waals surface area contributed by atoms with Gasteiger partial charge in [0.1, 0.15) is 5.52 Å². The Kier molecular flexibility index (Phi) is 7.59. The van der Waals surface area contributed by atoms with Crippen LogP contribution in [-0.2, 0) is 6.42 Å². The number of hydrogen-bond acceptors (Lipinski definition) is 3. The third-order valence-corrected chi connectivity index (χ3v) is 10.4. The topological polar surface area (TPSA) is 29.3 Å². The fourth-order valence-corrected chi connectivity index (χ4v) is 7.91. The Bertz CT molecular complexity index is 2850. The molecule has 10 rings (SSSR count). The van der Waals surface area contributed by atoms with Crippen LogP contribution in [0.5, 0.6) is 0 Å². The molecule has 1 heterocycles. The van der Waals surface area contributed by atoms with Crippen LogP contribution in [0.2, 0.25) is 0 Å².